The van der Waals surface area contributed by atoms with Gasteiger partial charge in [-0.05, 0) is 44.0 Å². The summed E-state index contributed by atoms with van der Waals surface area (Å²) >= 11 is 0. The number of methoxy groups -OCH3 is 1. The second-order valence-corrected chi connectivity index (χ2v) is 4.61. The van der Waals surface area contributed by atoms with Crippen molar-refractivity contribution in [2.24, 2.45) is 0 Å². The fourth-order valence-electron chi connectivity index (χ4n) is 2.13. The fourth-order valence-corrected chi connectivity index (χ4v) is 2.13. The summed E-state index contributed by atoms with van der Waals surface area (Å²) in [6, 6.07) is 9.64. The molecule has 0 unspecified atom stereocenters. The van der Waals surface area contributed by atoms with Gasteiger partial charge in [-0.2, -0.15) is 0 Å². The Hall–Kier alpha value is -1.96. The molecule has 0 aliphatic heterocycles. The largest absolute Gasteiger partial charge is 0.507 e. The lowest BCUT2D eigenvalue weighted by Crippen LogP contribution is -1.94. The van der Waals surface area contributed by atoms with Crippen LogP contribution in [0.3, 0.4) is 0 Å². The van der Waals surface area contributed by atoms with Crippen molar-refractivity contribution in [1.82, 2.24) is 0 Å². The molecule has 0 saturated heterocycles. The monoisotopic (exact) mass is 242 g/mol. The normalized spacial score (nSPS) is 10.4. The average Bonchev–Trinajstić information content (AvgIpc) is 2.35. The van der Waals surface area contributed by atoms with Crippen LogP contribution in [-0.2, 0) is 0 Å². The predicted molar refractivity (Wildman–Crippen MR) is 74.3 cm³/mol. The summed E-state index contributed by atoms with van der Waals surface area (Å²) in [6.45, 7) is 6.10. The lowest BCUT2D eigenvalue weighted by molar-refractivity contribution is 0.412. The summed E-state index contributed by atoms with van der Waals surface area (Å²) in [6.07, 6.45) is 0. The number of phenolic OH excluding ortho intramolecular Hbond substituents is 1. The summed E-state index contributed by atoms with van der Waals surface area (Å²) in [5.41, 5.74) is 5.15. The number of hydrogen-bond donors (Lipinski definition) is 1. The standard InChI is InChI=1S/C16H18O2/c1-10-5-8-15(17)14(9-10)13-7-6-11(2)12(3)16(13)18-4/h5-9,17H,1-4H3. The highest BCUT2D eigenvalue weighted by Crippen LogP contribution is 2.39. The van der Waals surface area contributed by atoms with Crippen molar-refractivity contribution in [1.29, 1.82) is 0 Å². The van der Waals surface area contributed by atoms with E-state index in [4.69, 9.17) is 4.74 Å². The van der Waals surface area contributed by atoms with Gasteiger partial charge >= 0.3 is 0 Å². The van der Waals surface area contributed by atoms with E-state index in [2.05, 4.69) is 13.0 Å². The Morgan fingerprint density at radius 1 is 0.944 bits per heavy atom. The molecule has 0 bridgehead atoms. The molecular weight excluding hydrogens is 224 g/mol. The summed E-state index contributed by atoms with van der Waals surface area (Å²) < 4.78 is 5.50. The van der Waals surface area contributed by atoms with Crippen LogP contribution in [0.5, 0.6) is 11.5 Å². The van der Waals surface area contributed by atoms with Gasteiger partial charge in [-0.3, -0.25) is 0 Å². The molecule has 2 aromatic rings. The highest BCUT2D eigenvalue weighted by Gasteiger charge is 2.13. The van der Waals surface area contributed by atoms with Gasteiger partial charge in [-0.15, -0.1) is 0 Å². The SMILES string of the molecule is COc1c(-c2cc(C)ccc2O)ccc(C)c1C. The third-order valence-electron chi connectivity index (χ3n) is 3.32. The van der Waals surface area contributed by atoms with E-state index in [0.717, 1.165) is 28.0 Å². The van der Waals surface area contributed by atoms with Crippen molar-refractivity contribution >= 4 is 0 Å². The molecule has 0 aliphatic rings. The molecule has 0 saturated carbocycles. The van der Waals surface area contributed by atoms with E-state index in [1.165, 1.54) is 5.56 Å². The topological polar surface area (TPSA) is 29.5 Å². The van der Waals surface area contributed by atoms with Crippen LogP contribution in [0.25, 0.3) is 11.1 Å². The first-order valence-electron chi connectivity index (χ1n) is 5.98. The Bertz CT molecular complexity index is 586. The number of rotatable bonds is 2. The van der Waals surface area contributed by atoms with Crippen LogP contribution >= 0.6 is 0 Å². The van der Waals surface area contributed by atoms with Gasteiger partial charge in [0.1, 0.15) is 11.5 Å². The molecule has 0 aromatic heterocycles. The van der Waals surface area contributed by atoms with Gasteiger partial charge in [0, 0.05) is 11.1 Å². The van der Waals surface area contributed by atoms with Gasteiger partial charge in [0.05, 0.1) is 7.11 Å². The molecule has 0 radical (unpaired) electrons. The minimum Gasteiger partial charge on any atom is -0.507 e. The Morgan fingerprint density at radius 2 is 1.67 bits per heavy atom. The molecule has 0 heterocycles. The van der Waals surface area contributed by atoms with E-state index in [-0.39, 0.29) is 5.75 Å². The number of ether oxygens (including phenoxy) is 1. The van der Waals surface area contributed by atoms with Gasteiger partial charge in [-0.1, -0.05) is 23.8 Å². The predicted octanol–water partition coefficient (Wildman–Crippen LogP) is 3.99. The zero-order valence-electron chi connectivity index (χ0n) is 11.2. The maximum atomic E-state index is 10.0. The zero-order chi connectivity index (χ0) is 13.3. The second-order valence-electron chi connectivity index (χ2n) is 4.61. The van der Waals surface area contributed by atoms with Gasteiger partial charge < -0.3 is 9.84 Å². The van der Waals surface area contributed by atoms with Crippen molar-refractivity contribution in [3.05, 3.63) is 47.0 Å². The molecule has 0 spiro atoms. The fraction of sp³-hybridized carbons (Fsp3) is 0.250. The number of aryl methyl sites for hydroxylation is 2. The van der Waals surface area contributed by atoms with Crippen LogP contribution in [0.15, 0.2) is 30.3 Å². The van der Waals surface area contributed by atoms with E-state index in [1.54, 1.807) is 13.2 Å². The van der Waals surface area contributed by atoms with Crippen molar-refractivity contribution in [2.75, 3.05) is 7.11 Å². The Morgan fingerprint density at radius 3 is 2.33 bits per heavy atom. The van der Waals surface area contributed by atoms with E-state index in [9.17, 15) is 5.11 Å². The molecule has 0 fully saturated rings. The highest BCUT2D eigenvalue weighted by atomic mass is 16.5. The van der Waals surface area contributed by atoms with Gasteiger partial charge in [-0.25, -0.2) is 0 Å². The van der Waals surface area contributed by atoms with Crippen LogP contribution < -0.4 is 4.74 Å². The van der Waals surface area contributed by atoms with Gasteiger partial charge in [0.25, 0.3) is 0 Å². The molecule has 0 aliphatic carbocycles. The van der Waals surface area contributed by atoms with E-state index in [0.29, 0.717) is 0 Å². The molecule has 2 aromatic carbocycles. The van der Waals surface area contributed by atoms with Crippen LogP contribution in [-0.4, -0.2) is 12.2 Å². The Balaban J connectivity index is 2.71. The lowest BCUT2D eigenvalue weighted by Gasteiger charge is -2.15. The summed E-state index contributed by atoms with van der Waals surface area (Å²) in [4.78, 5) is 0. The maximum Gasteiger partial charge on any atom is 0.129 e. The van der Waals surface area contributed by atoms with E-state index in [1.807, 2.05) is 32.0 Å². The van der Waals surface area contributed by atoms with Crippen LogP contribution in [0, 0.1) is 20.8 Å². The quantitative estimate of drug-likeness (QED) is 0.862. The van der Waals surface area contributed by atoms with Crippen LogP contribution in [0.2, 0.25) is 0 Å². The molecule has 2 nitrogen and oxygen atoms in total. The number of phenols is 1. The minimum atomic E-state index is 0.280. The van der Waals surface area contributed by atoms with Crippen molar-refractivity contribution in [2.45, 2.75) is 20.8 Å². The summed E-state index contributed by atoms with van der Waals surface area (Å²) in [5, 5.41) is 10.0. The van der Waals surface area contributed by atoms with Gasteiger partial charge in [0.15, 0.2) is 0 Å². The average molecular weight is 242 g/mol. The molecule has 2 heteroatoms. The third-order valence-corrected chi connectivity index (χ3v) is 3.32. The number of benzene rings is 2. The first-order chi connectivity index (χ1) is 8.54. The third kappa shape index (κ3) is 2.06. The molecule has 2 rings (SSSR count). The zero-order valence-corrected chi connectivity index (χ0v) is 11.2. The van der Waals surface area contributed by atoms with Crippen molar-refractivity contribution in [3.8, 4) is 22.6 Å². The molecule has 0 amide bonds. The first kappa shape index (κ1) is 12.5. The maximum absolute atomic E-state index is 10.0. The second kappa shape index (κ2) is 4.73. The number of aromatic hydroxyl groups is 1. The minimum absolute atomic E-state index is 0.280. The first-order valence-corrected chi connectivity index (χ1v) is 5.98. The molecule has 94 valence electrons. The Labute approximate surface area is 108 Å². The number of hydrogen-bond acceptors (Lipinski definition) is 2. The van der Waals surface area contributed by atoms with Crippen LogP contribution in [0.1, 0.15) is 16.7 Å². The highest BCUT2D eigenvalue weighted by molar-refractivity contribution is 5.77. The molecule has 18 heavy (non-hydrogen) atoms. The molecule has 0 atom stereocenters. The van der Waals surface area contributed by atoms with Crippen LogP contribution in [0.4, 0.5) is 0 Å². The Kier molecular flexibility index (Phi) is 3.28. The summed E-state index contributed by atoms with van der Waals surface area (Å²) in [5.74, 6) is 1.11. The smallest absolute Gasteiger partial charge is 0.129 e. The van der Waals surface area contributed by atoms with Gasteiger partial charge in [0.2, 0.25) is 0 Å². The van der Waals surface area contributed by atoms with E-state index < -0.39 is 0 Å². The van der Waals surface area contributed by atoms with E-state index >= 15 is 0 Å². The van der Waals surface area contributed by atoms with Crippen molar-refractivity contribution in [3.63, 3.8) is 0 Å². The summed E-state index contributed by atoms with van der Waals surface area (Å²) in [7, 11) is 1.66. The molecular formula is C16H18O2. The lowest BCUT2D eigenvalue weighted by atomic mass is 9.97. The molecule has 1 N–H and O–H groups in total. The van der Waals surface area contributed by atoms with Crippen molar-refractivity contribution < 1.29 is 9.84 Å².